The number of nitrogens with zero attached hydrogens (tertiary/aromatic N) is 1. The molecule has 0 aliphatic heterocycles. The fraction of sp³-hybridized carbons (Fsp3) is 0.400. The summed E-state index contributed by atoms with van der Waals surface area (Å²) in [6.07, 6.45) is 1.56. The van der Waals surface area contributed by atoms with Crippen LogP contribution in [0, 0.1) is 0 Å². The molecule has 2 nitrogen and oxygen atoms in total. The molecule has 0 spiro atoms. The summed E-state index contributed by atoms with van der Waals surface area (Å²) in [5.41, 5.74) is 0.891. The molecule has 0 aromatic heterocycles. The summed E-state index contributed by atoms with van der Waals surface area (Å²) < 4.78 is 0. The summed E-state index contributed by atoms with van der Waals surface area (Å²) in [7, 11) is 1.50. The van der Waals surface area contributed by atoms with Gasteiger partial charge in [0.2, 0.25) is 0 Å². The average Bonchev–Trinajstić information content (AvgIpc) is 1.61. The first-order valence-corrected chi connectivity index (χ1v) is 1.99. The highest BCUT2D eigenvalue weighted by atomic mass is 16.6. The van der Waals surface area contributed by atoms with E-state index in [1.807, 2.05) is 6.92 Å². The van der Waals surface area contributed by atoms with E-state index in [0.29, 0.717) is 0 Å². The summed E-state index contributed by atoms with van der Waals surface area (Å²) in [5.74, 6) is 0. The second-order valence-corrected chi connectivity index (χ2v) is 1.26. The molecule has 0 unspecified atom stereocenters. The molecule has 0 saturated carbocycles. The first-order valence-electron chi connectivity index (χ1n) is 1.99. The minimum absolute atomic E-state index is 0.891. The first-order chi connectivity index (χ1) is 3.27. The van der Waals surface area contributed by atoms with Gasteiger partial charge in [-0.25, -0.2) is 0 Å². The van der Waals surface area contributed by atoms with Crippen LogP contribution in [0.1, 0.15) is 6.92 Å². The summed E-state index contributed by atoms with van der Waals surface area (Å²) in [6.45, 7) is 5.41. The first kappa shape index (κ1) is 6.21. The maximum Gasteiger partial charge on any atom is 0.106 e. The molecule has 40 valence electrons. The zero-order valence-electron chi connectivity index (χ0n) is 4.64. The maximum atomic E-state index is 4.36. The second-order valence-electron chi connectivity index (χ2n) is 1.26. The van der Waals surface area contributed by atoms with E-state index in [-0.39, 0.29) is 0 Å². The predicted molar refractivity (Wildman–Crippen MR) is 30.3 cm³/mol. The third kappa shape index (κ3) is 5.21. The summed E-state index contributed by atoms with van der Waals surface area (Å²) in [6, 6.07) is 0. The van der Waals surface area contributed by atoms with Gasteiger partial charge in [-0.2, -0.15) is 0 Å². The molecule has 0 radical (unpaired) electrons. The highest BCUT2D eigenvalue weighted by molar-refractivity contribution is 5.75. The summed E-state index contributed by atoms with van der Waals surface area (Å²) >= 11 is 0. The van der Waals surface area contributed by atoms with Crippen LogP contribution in [-0.2, 0) is 4.84 Å². The van der Waals surface area contributed by atoms with E-state index in [1.165, 1.54) is 7.11 Å². The van der Waals surface area contributed by atoms with Crippen LogP contribution in [0.25, 0.3) is 0 Å². The topological polar surface area (TPSA) is 21.6 Å². The fourth-order valence-electron chi connectivity index (χ4n) is 0.143. The van der Waals surface area contributed by atoms with Gasteiger partial charge in [-0.3, -0.25) is 0 Å². The van der Waals surface area contributed by atoms with E-state index in [9.17, 15) is 0 Å². The van der Waals surface area contributed by atoms with Crippen LogP contribution < -0.4 is 0 Å². The van der Waals surface area contributed by atoms with Crippen LogP contribution >= 0.6 is 0 Å². The minimum atomic E-state index is 0.891. The molecule has 0 bridgehead atoms. The third-order valence-electron chi connectivity index (χ3n) is 0.379. The molecule has 0 aromatic rings. The Balaban J connectivity index is 3.26. The maximum absolute atomic E-state index is 4.36. The van der Waals surface area contributed by atoms with Gasteiger partial charge in [0.05, 0.1) is 6.21 Å². The molecule has 7 heavy (non-hydrogen) atoms. The van der Waals surface area contributed by atoms with Gasteiger partial charge >= 0.3 is 0 Å². The van der Waals surface area contributed by atoms with Crippen molar-refractivity contribution in [1.29, 1.82) is 0 Å². The largest absolute Gasteiger partial charge is 0.399 e. The van der Waals surface area contributed by atoms with Crippen molar-refractivity contribution in [3.05, 3.63) is 12.2 Å². The highest BCUT2D eigenvalue weighted by Gasteiger charge is 1.69. The Morgan fingerprint density at radius 1 is 1.86 bits per heavy atom. The lowest BCUT2D eigenvalue weighted by Gasteiger charge is -1.82. The lowest BCUT2D eigenvalue weighted by atomic mass is 10.4. The molecule has 0 atom stereocenters. The number of oxime groups is 1. The van der Waals surface area contributed by atoms with Crippen LogP contribution in [0.4, 0.5) is 0 Å². The Bertz CT molecular complexity index is 86.1. The van der Waals surface area contributed by atoms with Crippen LogP contribution in [-0.4, -0.2) is 13.3 Å². The predicted octanol–water partition coefficient (Wildman–Crippen LogP) is 1.19. The number of allylic oxidation sites excluding steroid dienone is 1. The Labute approximate surface area is 43.5 Å². The van der Waals surface area contributed by atoms with Gasteiger partial charge < -0.3 is 4.84 Å². The molecule has 0 aliphatic rings. The van der Waals surface area contributed by atoms with Crippen LogP contribution in [0.3, 0.4) is 0 Å². The molecule has 0 fully saturated rings. The zero-order valence-corrected chi connectivity index (χ0v) is 4.64. The summed E-state index contributed by atoms with van der Waals surface area (Å²) in [5, 5.41) is 3.45. The molecular weight excluding hydrogens is 90.1 g/mol. The lowest BCUT2D eigenvalue weighted by Crippen LogP contribution is -1.73. The van der Waals surface area contributed by atoms with Crippen LogP contribution in [0.5, 0.6) is 0 Å². The fourth-order valence-corrected chi connectivity index (χ4v) is 0.143. The average molecular weight is 99.1 g/mol. The van der Waals surface area contributed by atoms with Crippen molar-refractivity contribution < 1.29 is 4.84 Å². The van der Waals surface area contributed by atoms with Crippen molar-refractivity contribution in [3.8, 4) is 0 Å². The van der Waals surface area contributed by atoms with E-state index in [1.54, 1.807) is 6.21 Å². The van der Waals surface area contributed by atoms with Crippen molar-refractivity contribution in [2.24, 2.45) is 5.16 Å². The van der Waals surface area contributed by atoms with E-state index in [0.717, 1.165) is 5.57 Å². The minimum Gasteiger partial charge on any atom is -0.399 e. The molecule has 0 heterocycles. The van der Waals surface area contributed by atoms with Crippen molar-refractivity contribution in [2.75, 3.05) is 7.11 Å². The van der Waals surface area contributed by atoms with E-state index in [4.69, 9.17) is 0 Å². The lowest BCUT2D eigenvalue weighted by molar-refractivity contribution is 0.215. The molecule has 0 saturated heterocycles. The van der Waals surface area contributed by atoms with Crippen molar-refractivity contribution >= 4 is 6.21 Å². The molecular formula is C5H9NO. The molecule has 0 aliphatic carbocycles. The monoisotopic (exact) mass is 99.1 g/mol. The second kappa shape index (κ2) is 3.40. The van der Waals surface area contributed by atoms with Crippen molar-refractivity contribution in [1.82, 2.24) is 0 Å². The Kier molecular flexibility index (Phi) is 3.02. The van der Waals surface area contributed by atoms with Crippen LogP contribution in [0.2, 0.25) is 0 Å². The summed E-state index contributed by atoms with van der Waals surface area (Å²) in [4.78, 5) is 4.36. The van der Waals surface area contributed by atoms with E-state index < -0.39 is 0 Å². The highest BCUT2D eigenvalue weighted by Crippen LogP contribution is 1.77. The Morgan fingerprint density at radius 2 is 2.43 bits per heavy atom. The van der Waals surface area contributed by atoms with Crippen LogP contribution in [0.15, 0.2) is 17.3 Å². The Morgan fingerprint density at radius 3 is 2.57 bits per heavy atom. The van der Waals surface area contributed by atoms with Gasteiger partial charge in [0.1, 0.15) is 7.11 Å². The molecule has 0 amide bonds. The smallest absolute Gasteiger partial charge is 0.106 e. The van der Waals surface area contributed by atoms with Crippen molar-refractivity contribution in [3.63, 3.8) is 0 Å². The normalized spacial score (nSPS) is 9.43. The standard InChI is InChI=1S/C5H9NO/c1-5(2)4-6-7-3/h4H,1H2,2-3H3/b6-4+. The zero-order chi connectivity index (χ0) is 5.70. The molecule has 0 N–H and O–H groups in total. The molecule has 0 rings (SSSR count). The number of rotatable bonds is 2. The van der Waals surface area contributed by atoms with E-state index >= 15 is 0 Å². The van der Waals surface area contributed by atoms with Gasteiger partial charge in [-0.15, -0.1) is 0 Å². The van der Waals surface area contributed by atoms with Gasteiger partial charge in [0.15, 0.2) is 0 Å². The molecule has 2 heteroatoms. The number of hydrogen-bond acceptors (Lipinski definition) is 2. The third-order valence-corrected chi connectivity index (χ3v) is 0.379. The Hall–Kier alpha value is -0.790. The van der Waals surface area contributed by atoms with Gasteiger partial charge in [-0.1, -0.05) is 11.7 Å². The van der Waals surface area contributed by atoms with Gasteiger partial charge in [0.25, 0.3) is 0 Å². The quantitative estimate of drug-likeness (QED) is 0.376. The van der Waals surface area contributed by atoms with E-state index in [2.05, 4.69) is 16.6 Å². The SMILES string of the molecule is C=C(C)/C=N/OC. The molecule has 0 aromatic carbocycles. The van der Waals surface area contributed by atoms with Crippen molar-refractivity contribution in [2.45, 2.75) is 6.92 Å². The van der Waals surface area contributed by atoms with Gasteiger partial charge in [0, 0.05) is 0 Å². The number of hydrogen-bond donors (Lipinski definition) is 0. The van der Waals surface area contributed by atoms with Gasteiger partial charge in [-0.05, 0) is 12.5 Å².